The van der Waals surface area contributed by atoms with Crippen LogP contribution in [0.15, 0.2) is 48.5 Å². The van der Waals surface area contributed by atoms with Crippen molar-refractivity contribution in [3.8, 4) is 0 Å². The first-order valence-electron chi connectivity index (χ1n) is 16.6. The summed E-state index contributed by atoms with van der Waals surface area (Å²) in [7, 11) is 0. The Hall–Kier alpha value is -3.57. The molecule has 2 atom stereocenters. The molecule has 11 heteroatoms. The highest BCUT2D eigenvalue weighted by atomic mass is 32.2. The van der Waals surface area contributed by atoms with Crippen molar-refractivity contribution >= 4 is 46.9 Å². The third-order valence-electron chi connectivity index (χ3n) is 9.58. The van der Waals surface area contributed by atoms with Crippen LogP contribution in [0.5, 0.6) is 0 Å². The topological polar surface area (TPSA) is 105 Å². The molecule has 0 aromatic heterocycles. The molecule has 4 aliphatic heterocycles. The number of likely N-dealkylation sites (tertiary alicyclic amines) is 1. The average Bonchev–Trinajstić information content (AvgIpc) is 3.23. The lowest BCUT2D eigenvalue weighted by Gasteiger charge is -2.38. The predicted octanol–water partition coefficient (Wildman–Crippen LogP) is 4.47. The molecule has 3 saturated heterocycles. The van der Waals surface area contributed by atoms with Gasteiger partial charge in [-0.2, -0.15) is 0 Å². The Morgan fingerprint density at radius 2 is 1.70 bits per heavy atom. The van der Waals surface area contributed by atoms with Crippen LogP contribution in [-0.4, -0.2) is 95.6 Å². The van der Waals surface area contributed by atoms with E-state index in [0.717, 1.165) is 35.3 Å². The summed E-state index contributed by atoms with van der Waals surface area (Å²) < 4.78 is 0. The van der Waals surface area contributed by atoms with E-state index in [9.17, 15) is 19.2 Å². The second kappa shape index (κ2) is 13.7. The first-order chi connectivity index (χ1) is 22.1. The van der Waals surface area contributed by atoms with Crippen LogP contribution in [-0.2, 0) is 20.8 Å². The average molecular weight is 647 g/mol. The molecule has 246 valence electrons. The summed E-state index contributed by atoms with van der Waals surface area (Å²) in [4.78, 5) is 61.1. The summed E-state index contributed by atoms with van der Waals surface area (Å²) >= 11 is 1.54. The normalized spacial score (nSPS) is 23.0. The van der Waals surface area contributed by atoms with Gasteiger partial charge in [-0.05, 0) is 48.8 Å². The van der Waals surface area contributed by atoms with Gasteiger partial charge >= 0.3 is 6.03 Å². The lowest BCUT2D eigenvalue weighted by molar-refractivity contribution is -0.137. The van der Waals surface area contributed by atoms with Gasteiger partial charge in [-0.25, -0.2) is 4.79 Å². The van der Waals surface area contributed by atoms with E-state index in [1.807, 2.05) is 62.1 Å². The van der Waals surface area contributed by atoms with Crippen molar-refractivity contribution in [2.24, 2.45) is 5.41 Å². The zero-order valence-electron chi connectivity index (χ0n) is 27.2. The predicted molar refractivity (Wildman–Crippen MR) is 182 cm³/mol. The van der Waals surface area contributed by atoms with Crippen LogP contribution in [0.3, 0.4) is 0 Å². The van der Waals surface area contributed by atoms with Gasteiger partial charge in [0, 0.05) is 68.7 Å². The molecule has 46 heavy (non-hydrogen) atoms. The number of carbonyl (C=O) groups is 4. The molecule has 2 aromatic carbocycles. The summed E-state index contributed by atoms with van der Waals surface area (Å²) in [6.07, 6.45) is 3.20. The fourth-order valence-corrected chi connectivity index (χ4v) is 8.41. The van der Waals surface area contributed by atoms with Gasteiger partial charge in [0.2, 0.25) is 17.7 Å². The zero-order chi connectivity index (χ0) is 32.4. The van der Waals surface area contributed by atoms with Gasteiger partial charge in [0.1, 0.15) is 5.37 Å². The molecule has 0 spiro atoms. The molecule has 4 heterocycles. The van der Waals surface area contributed by atoms with E-state index in [0.29, 0.717) is 58.7 Å². The fraction of sp³-hybridized carbons (Fsp3) is 0.543. The highest BCUT2D eigenvalue weighted by Gasteiger charge is 2.44. The minimum atomic E-state index is -0.489. The van der Waals surface area contributed by atoms with Crippen molar-refractivity contribution in [2.45, 2.75) is 69.5 Å². The second-order valence-electron chi connectivity index (χ2n) is 13.9. The minimum absolute atomic E-state index is 0.00951. The van der Waals surface area contributed by atoms with Crippen LogP contribution in [0.25, 0.3) is 0 Å². The van der Waals surface area contributed by atoms with Crippen LogP contribution in [0.1, 0.15) is 63.0 Å². The lowest BCUT2D eigenvalue weighted by atomic mass is 9.92. The van der Waals surface area contributed by atoms with E-state index in [1.165, 1.54) is 11.8 Å². The number of hydrogen-bond donors (Lipinski definition) is 2. The first kappa shape index (κ1) is 32.4. The summed E-state index contributed by atoms with van der Waals surface area (Å²) in [6, 6.07) is 15.8. The summed E-state index contributed by atoms with van der Waals surface area (Å²) in [5.41, 5.74) is 3.84. The number of nitrogens with zero attached hydrogens (tertiary/aromatic N) is 4. The van der Waals surface area contributed by atoms with E-state index >= 15 is 0 Å². The van der Waals surface area contributed by atoms with Crippen molar-refractivity contribution in [1.82, 2.24) is 20.0 Å². The number of rotatable bonds is 7. The molecule has 6 rings (SSSR count). The van der Waals surface area contributed by atoms with Crippen molar-refractivity contribution in [2.75, 3.05) is 56.0 Å². The number of piperidine rings is 1. The summed E-state index contributed by atoms with van der Waals surface area (Å²) in [5.74, 6) is -0.00432. The van der Waals surface area contributed by atoms with Crippen LogP contribution < -0.4 is 15.5 Å². The second-order valence-corrected chi connectivity index (χ2v) is 15.2. The highest BCUT2D eigenvalue weighted by Crippen LogP contribution is 2.48. The number of benzene rings is 2. The molecular weight excluding hydrogens is 600 g/mol. The molecule has 0 aliphatic carbocycles. The van der Waals surface area contributed by atoms with Gasteiger partial charge in [-0.15, -0.1) is 11.8 Å². The molecule has 10 nitrogen and oxygen atoms in total. The van der Waals surface area contributed by atoms with E-state index in [-0.39, 0.29) is 47.0 Å². The molecule has 2 aromatic rings. The SMILES string of the molecule is CC(C)(C)CCN1C(=O)[C@H](CC(=O)N2CCC(N3CCc4ccccc4NC3=O)CC2)S[C@H]1c1ccccc1N1CCNCC1=O. The maximum absolute atomic E-state index is 14.0. The van der Waals surface area contributed by atoms with Gasteiger partial charge in [-0.3, -0.25) is 14.4 Å². The molecule has 5 amide bonds. The number of hydrogen-bond acceptors (Lipinski definition) is 6. The van der Waals surface area contributed by atoms with Gasteiger partial charge in [0.05, 0.1) is 11.8 Å². The van der Waals surface area contributed by atoms with Crippen molar-refractivity contribution in [1.29, 1.82) is 0 Å². The van der Waals surface area contributed by atoms with E-state index in [1.54, 1.807) is 0 Å². The summed E-state index contributed by atoms with van der Waals surface area (Å²) in [5, 5.41) is 5.44. The minimum Gasteiger partial charge on any atom is -0.342 e. The van der Waals surface area contributed by atoms with Gasteiger partial charge in [-0.1, -0.05) is 57.2 Å². The van der Waals surface area contributed by atoms with Gasteiger partial charge in [0.25, 0.3) is 0 Å². The number of fused-ring (bicyclic) bond motifs is 1. The van der Waals surface area contributed by atoms with E-state index in [2.05, 4.69) is 37.5 Å². The molecule has 3 fully saturated rings. The number of piperazine rings is 1. The van der Waals surface area contributed by atoms with Crippen molar-refractivity contribution in [3.63, 3.8) is 0 Å². The zero-order valence-corrected chi connectivity index (χ0v) is 28.0. The fourth-order valence-electron chi connectivity index (χ4n) is 6.90. The molecule has 0 unspecified atom stereocenters. The molecule has 0 saturated carbocycles. The number of anilines is 2. The summed E-state index contributed by atoms with van der Waals surface area (Å²) in [6.45, 7) is 10.5. The van der Waals surface area contributed by atoms with Crippen molar-refractivity contribution in [3.05, 3.63) is 59.7 Å². The Balaban J connectivity index is 1.12. The largest absolute Gasteiger partial charge is 0.342 e. The Kier molecular flexibility index (Phi) is 9.61. The monoisotopic (exact) mass is 646 g/mol. The number of urea groups is 1. The lowest BCUT2D eigenvalue weighted by Crippen LogP contribution is -2.50. The third kappa shape index (κ3) is 7.05. The van der Waals surface area contributed by atoms with Gasteiger partial charge < -0.3 is 30.2 Å². The molecular formula is C35H46N6O4S. The van der Waals surface area contributed by atoms with Crippen LogP contribution >= 0.6 is 11.8 Å². The molecule has 2 N–H and O–H groups in total. The Bertz CT molecular complexity index is 1470. The number of carbonyl (C=O) groups excluding carboxylic acids is 4. The number of thioether (sulfide) groups is 1. The Morgan fingerprint density at radius 3 is 2.46 bits per heavy atom. The highest BCUT2D eigenvalue weighted by molar-refractivity contribution is 8.01. The van der Waals surface area contributed by atoms with Gasteiger partial charge in [0.15, 0.2) is 0 Å². The van der Waals surface area contributed by atoms with E-state index < -0.39 is 5.25 Å². The number of para-hydroxylation sites is 2. The number of amides is 5. The van der Waals surface area contributed by atoms with E-state index in [4.69, 9.17) is 0 Å². The van der Waals surface area contributed by atoms with Crippen LogP contribution in [0, 0.1) is 5.41 Å². The Labute approximate surface area is 276 Å². The maximum atomic E-state index is 14.0. The van der Waals surface area contributed by atoms with Crippen LogP contribution in [0.2, 0.25) is 0 Å². The number of nitrogens with one attached hydrogen (secondary N) is 2. The standard InChI is InChI=1S/C35H46N6O4S/c1-35(2,3)15-20-41-32(44)29(46-33(41)26-9-5-7-11-28(26)40-21-16-36-23-31(40)43)22-30(42)38-17-13-25(14-18-38)39-19-12-24-8-4-6-10-27(24)37-34(39)45/h4-11,25,29,33,36H,12-23H2,1-3H3,(H,37,45)/t29-,33-/m0/s1. The molecule has 0 radical (unpaired) electrons. The van der Waals surface area contributed by atoms with Crippen LogP contribution in [0.4, 0.5) is 16.2 Å². The first-order valence-corrected chi connectivity index (χ1v) is 17.5. The Morgan fingerprint density at radius 1 is 0.957 bits per heavy atom. The smallest absolute Gasteiger partial charge is 0.322 e. The molecule has 4 aliphatic rings. The maximum Gasteiger partial charge on any atom is 0.322 e. The van der Waals surface area contributed by atoms with Crippen molar-refractivity contribution < 1.29 is 19.2 Å². The quantitative estimate of drug-likeness (QED) is 0.460. The molecule has 0 bridgehead atoms. The third-order valence-corrected chi connectivity index (χ3v) is 11.0.